The van der Waals surface area contributed by atoms with E-state index < -0.39 is 26.2 Å². The van der Waals surface area contributed by atoms with Gasteiger partial charge in [0.2, 0.25) is 0 Å². The number of halogens is 3. The molecule has 206 valence electrons. The minimum atomic E-state index is -4.07. The van der Waals surface area contributed by atoms with Gasteiger partial charge in [-0.25, -0.2) is 17.2 Å². The maximum Gasteiger partial charge on any atom is 0.253 e. The first-order valence-corrected chi connectivity index (χ1v) is 15.1. The summed E-state index contributed by atoms with van der Waals surface area (Å²) in [6.07, 6.45) is 2.88. The zero-order valence-corrected chi connectivity index (χ0v) is 23.0. The number of hydrogen-bond acceptors (Lipinski definition) is 4. The number of hydrogen-bond donors (Lipinski definition) is 1. The highest BCUT2D eigenvalue weighted by Gasteiger charge is 2.50. The molecule has 1 saturated carbocycles. The molecular weight excluding hydrogens is 542 g/mol. The van der Waals surface area contributed by atoms with Crippen LogP contribution in [-0.2, 0) is 14.6 Å². The van der Waals surface area contributed by atoms with Gasteiger partial charge in [-0.2, -0.15) is 0 Å². The van der Waals surface area contributed by atoms with Gasteiger partial charge in [-0.05, 0) is 93.1 Å². The van der Waals surface area contributed by atoms with Crippen LogP contribution in [0.5, 0.6) is 0 Å². The smallest absolute Gasteiger partial charge is 0.253 e. The fraction of sp³-hybridized carbons (Fsp3) is 0.367. The van der Waals surface area contributed by atoms with Gasteiger partial charge in [0.15, 0.2) is 9.84 Å². The lowest BCUT2D eigenvalue weighted by Gasteiger charge is -2.42. The SMILES string of the molecule is O=C(c1ccccc1)N1CCC(N[C@H]2CC[C@@](c3cc(F)ccc3F)(S(=O)(=O)c3ccc(Cl)cc3)CC2)CC1. The molecule has 1 N–H and O–H groups in total. The van der Waals surface area contributed by atoms with Gasteiger partial charge in [0.1, 0.15) is 16.4 Å². The molecule has 0 spiro atoms. The second kappa shape index (κ2) is 11.4. The normalized spacial score (nSPS) is 22.5. The second-order valence-electron chi connectivity index (χ2n) is 10.4. The van der Waals surface area contributed by atoms with Crippen molar-refractivity contribution in [2.75, 3.05) is 13.1 Å². The average molecular weight is 573 g/mol. The third-order valence-electron chi connectivity index (χ3n) is 8.13. The molecule has 1 aliphatic heterocycles. The third kappa shape index (κ3) is 5.60. The molecule has 0 bridgehead atoms. The number of benzene rings is 3. The molecule has 1 aliphatic carbocycles. The van der Waals surface area contributed by atoms with Crippen molar-refractivity contribution < 1.29 is 22.0 Å². The summed E-state index contributed by atoms with van der Waals surface area (Å²) in [4.78, 5) is 14.7. The first kappa shape index (κ1) is 27.7. The van der Waals surface area contributed by atoms with Crippen LogP contribution in [-0.4, -0.2) is 44.4 Å². The van der Waals surface area contributed by atoms with Gasteiger partial charge in [0.05, 0.1) is 4.90 Å². The standard InChI is InChI=1S/C30H31ClF2N2O3S/c31-22-6-9-26(10-7-22)39(37,38)30(27-20-23(32)8-11-28(27)33)16-12-24(13-17-30)34-25-14-18-35(19-15-25)29(36)21-4-2-1-3-5-21/h1-11,20,24-25,34H,12-19H2/t24-,30+. The van der Waals surface area contributed by atoms with Gasteiger partial charge in [-0.3, -0.25) is 4.79 Å². The van der Waals surface area contributed by atoms with Crippen LogP contribution in [0.4, 0.5) is 8.78 Å². The molecule has 39 heavy (non-hydrogen) atoms. The summed E-state index contributed by atoms with van der Waals surface area (Å²) in [5.41, 5.74) is 0.558. The van der Waals surface area contributed by atoms with Crippen molar-refractivity contribution in [3.05, 3.63) is 101 Å². The van der Waals surface area contributed by atoms with Crippen LogP contribution in [0, 0.1) is 11.6 Å². The predicted octanol–water partition coefficient (Wildman–Crippen LogP) is 6.12. The van der Waals surface area contributed by atoms with Gasteiger partial charge in [0, 0.05) is 41.3 Å². The number of nitrogens with one attached hydrogen (secondary N) is 1. The van der Waals surface area contributed by atoms with Crippen molar-refractivity contribution in [2.45, 2.75) is 60.3 Å². The first-order chi connectivity index (χ1) is 18.7. The Morgan fingerprint density at radius 2 is 1.49 bits per heavy atom. The van der Waals surface area contributed by atoms with Crippen molar-refractivity contribution >= 4 is 27.3 Å². The van der Waals surface area contributed by atoms with Gasteiger partial charge in [0.25, 0.3) is 5.91 Å². The molecule has 9 heteroatoms. The summed E-state index contributed by atoms with van der Waals surface area (Å²) >= 11 is 5.98. The van der Waals surface area contributed by atoms with Crippen LogP contribution in [0.1, 0.15) is 54.4 Å². The molecule has 2 aliphatic rings. The number of amides is 1. The van der Waals surface area contributed by atoms with E-state index in [0.717, 1.165) is 31.0 Å². The van der Waals surface area contributed by atoms with Crippen LogP contribution < -0.4 is 5.32 Å². The van der Waals surface area contributed by atoms with Crippen molar-refractivity contribution in [3.8, 4) is 0 Å². The molecule has 0 radical (unpaired) electrons. The number of likely N-dealkylation sites (tertiary alicyclic amines) is 1. The monoisotopic (exact) mass is 572 g/mol. The van der Waals surface area contributed by atoms with E-state index in [4.69, 9.17) is 11.6 Å². The molecule has 3 aromatic rings. The van der Waals surface area contributed by atoms with Crippen molar-refractivity contribution in [3.63, 3.8) is 0 Å². The largest absolute Gasteiger partial charge is 0.339 e. The van der Waals surface area contributed by atoms with E-state index in [1.165, 1.54) is 24.3 Å². The molecular formula is C30H31ClF2N2O3S. The quantitative estimate of drug-likeness (QED) is 0.386. The number of piperidine rings is 1. The maximum atomic E-state index is 15.1. The van der Waals surface area contributed by atoms with E-state index in [9.17, 15) is 17.6 Å². The Morgan fingerprint density at radius 3 is 2.13 bits per heavy atom. The molecule has 5 rings (SSSR count). The molecule has 1 heterocycles. The van der Waals surface area contributed by atoms with E-state index in [1.807, 2.05) is 35.2 Å². The topological polar surface area (TPSA) is 66.5 Å². The summed E-state index contributed by atoms with van der Waals surface area (Å²) in [7, 11) is -4.07. The Morgan fingerprint density at radius 1 is 0.872 bits per heavy atom. The van der Waals surface area contributed by atoms with E-state index >= 15 is 4.39 Å². The lowest BCUT2D eigenvalue weighted by Crippen LogP contribution is -2.50. The van der Waals surface area contributed by atoms with Crippen molar-refractivity contribution in [2.24, 2.45) is 0 Å². The lowest BCUT2D eigenvalue weighted by molar-refractivity contribution is 0.0699. The molecule has 1 saturated heterocycles. The fourth-order valence-electron chi connectivity index (χ4n) is 5.97. The molecule has 0 aromatic heterocycles. The Hall–Kier alpha value is -2.81. The zero-order valence-electron chi connectivity index (χ0n) is 21.5. The van der Waals surface area contributed by atoms with Crippen LogP contribution in [0.25, 0.3) is 0 Å². The van der Waals surface area contributed by atoms with Crippen LogP contribution >= 0.6 is 11.6 Å². The van der Waals surface area contributed by atoms with E-state index in [-0.39, 0.29) is 41.3 Å². The minimum Gasteiger partial charge on any atom is -0.339 e. The highest BCUT2D eigenvalue weighted by atomic mass is 35.5. The Labute approximate surface area is 233 Å². The molecule has 0 atom stereocenters. The highest BCUT2D eigenvalue weighted by Crippen LogP contribution is 2.48. The van der Waals surface area contributed by atoms with Crippen molar-refractivity contribution in [1.29, 1.82) is 0 Å². The molecule has 5 nitrogen and oxygen atoms in total. The van der Waals surface area contributed by atoms with E-state index in [0.29, 0.717) is 36.5 Å². The maximum absolute atomic E-state index is 15.1. The summed E-state index contributed by atoms with van der Waals surface area (Å²) < 4.78 is 55.8. The number of rotatable bonds is 6. The van der Waals surface area contributed by atoms with Gasteiger partial charge < -0.3 is 10.2 Å². The Balaban J connectivity index is 1.30. The van der Waals surface area contributed by atoms with Crippen LogP contribution in [0.15, 0.2) is 77.7 Å². The fourth-order valence-corrected chi connectivity index (χ4v) is 8.26. The van der Waals surface area contributed by atoms with Gasteiger partial charge >= 0.3 is 0 Å². The second-order valence-corrected chi connectivity index (χ2v) is 13.1. The molecule has 2 fully saturated rings. The molecule has 1 amide bonds. The molecule has 0 unspecified atom stereocenters. The van der Waals surface area contributed by atoms with Crippen LogP contribution in [0.3, 0.4) is 0 Å². The summed E-state index contributed by atoms with van der Waals surface area (Å²) in [6, 6.07) is 18.3. The number of nitrogens with zero attached hydrogens (tertiary/aromatic N) is 1. The number of carbonyl (C=O) groups is 1. The highest BCUT2D eigenvalue weighted by molar-refractivity contribution is 7.92. The summed E-state index contributed by atoms with van der Waals surface area (Å²) in [5.74, 6) is -1.37. The van der Waals surface area contributed by atoms with E-state index in [1.54, 1.807) is 0 Å². The summed E-state index contributed by atoms with van der Waals surface area (Å²) in [5, 5.41) is 4.05. The third-order valence-corrected chi connectivity index (χ3v) is 10.9. The van der Waals surface area contributed by atoms with E-state index in [2.05, 4.69) is 5.32 Å². The zero-order chi connectivity index (χ0) is 27.6. The number of sulfone groups is 1. The molecule has 3 aromatic carbocycles. The minimum absolute atomic E-state index is 0.0287. The number of carbonyl (C=O) groups excluding carboxylic acids is 1. The Bertz CT molecular complexity index is 1420. The lowest BCUT2D eigenvalue weighted by atomic mass is 9.80. The van der Waals surface area contributed by atoms with Gasteiger partial charge in [-0.1, -0.05) is 29.8 Å². The van der Waals surface area contributed by atoms with Crippen molar-refractivity contribution in [1.82, 2.24) is 10.2 Å². The summed E-state index contributed by atoms with van der Waals surface area (Å²) in [6.45, 7) is 1.28. The first-order valence-electron chi connectivity index (χ1n) is 13.3. The van der Waals surface area contributed by atoms with Crippen LogP contribution in [0.2, 0.25) is 5.02 Å². The van der Waals surface area contributed by atoms with Gasteiger partial charge in [-0.15, -0.1) is 0 Å². The average Bonchev–Trinajstić information content (AvgIpc) is 2.95. The predicted molar refractivity (Wildman–Crippen MR) is 147 cm³/mol. The Kier molecular flexibility index (Phi) is 8.08.